The second-order valence-electron chi connectivity index (χ2n) is 4.85. The third kappa shape index (κ3) is 4.75. The van der Waals surface area contributed by atoms with E-state index in [1.54, 1.807) is 0 Å². The molecule has 0 heterocycles. The number of benzene rings is 1. The van der Waals surface area contributed by atoms with Crippen molar-refractivity contribution < 1.29 is 4.74 Å². The molecule has 3 N–H and O–H groups in total. The van der Waals surface area contributed by atoms with Gasteiger partial charge in [0.25, 0.3) is 0 Å². The van der Waals surface area contributed by atoms with Gasteiger partial charge in [-0.2, -0.15) is 0 Å². The molecule has 0 aromatic heterocycles. The predicted octanol–water partition coefficient (Wildman–Crippen LogP) is 2.08. The van der Waals surface area contributed by atoms with Gasteiger partial charge in [0.05, 0.1) is 6.61 Å². The van der Waals surface area contributed by atoms with Gasteiger partial charge in [-0.05, 0) is 18.1 Å². The van der Waals surface area contributed by atoms with Crippen LogP contribution in [0.25, 0.3) is 0 Å². The molecule has 0 amide bonds. The highest BCUT2D eigenvalue weighted by molar-refractivity contribution is 5.95. The Kier molecular flexibility index (Phi) is 5.65. The van der Waals surface area contributed by atoms with Crippen LogP contribution in [0.4, 0.5) is 5.69 Å². The Balaban J connectivity index is 2.48. The molecule has 0 radical (unpaired) electrons. The number of hydrogen-bond donors (Lipinski definition) is 2. The molecule has 0 spiro atoms. The zero-order valence-corrected chi connectivity index (χ0v) is 11.4. The van der Waals surface area contributed by atoms with Crippen molar-refractivity contribution in [1.82, 2.24) is 0 Å². The smallest absolute Gasteiger partial charge is 0.122 e. The van der Waals surface area contributed by atoms with Crippen molar-refractivity contribution in [3.63, 3.8) is 0 Å². The lowest BCUT2D eigenvalue weighted by Gasteiger charge is -2.20. The van der Waals surface area contributed by atoms with Crippen molar-refractivity contribution in [2.75, 3.05) is 31.7 Å². The first-order chi connectivity index (χ1) is 8.50. The number of amidine groups is 1. The highest BCUT2D eigenvalue weighted by Crippen LogP contribution is 2.14. The minimum absolute atomic E-state index is 0.0984. The summed E-state index contributed by atoms with van der Waals surface area (Å²) in [5, 5.41) is 7.42. The summed E-state index contributed by atoms with van der Waals surface area (Å²) in [7, 11) is 2.01. The van der Waals surface area contributed by atoms with Gasteiger partial charge in [-0.1, -0.05) is 26.0 Å². The molecule has 1 rings (SSSR count). The third-order valence-electron chi connectivity index (χ3n) is 2.62. The van der Waals surface area contributed by atoms with E-state index >= 15 is 0 Å². The van der Waals surface area contributed by atoms with Gasteiger partial charge in [0.2, 0.25) is 0 Å². The molecule has 18 heavy (non-hydrogen) atoms. The van der Waals surface area contributed by atoms with E-state index in [9.17, 15) is 0 Å². The summed E-state index contributed by atoms with van der Waals surface area (Å²) in [6.07, 6.45) is 0. The highest BCUT2D eigenvalue weighted by Gasteiger charge is 2.03. The summed E-state index contributed by atoms with van der Waals surface area (Å²) in [6.45, 7) is 6.61. The molecule has 1 aromatic rings. The molecular weight excluding hydrogens is 226 g/mol. The van der Waals surface area contributed by atoms with Crippen LogP contribution in [0.2, 0.25) is 0 Å². The van der Waals surface area contributed by atoms with Crippen LogP contribution in [0.1, 0.15) is 19.4 Å². The molecule has 0 saturated heterocycles. The average Bonchev–Trinajstić information content (AvgIpc) is 2.34. The topological polar surface area (TPSA) is 62.3 Å². The van der Waals surface area contributed by atoms with Crippen molar-refractivity contribution in [2.24, 2.45) is 11.7 Å². The van der Waals surface area contributed by atoms with E-state index < -0.39 is 0 Å². The molecule has 0 saturated carbocycles. The van der Waals surface area contributed by atoms with Gasteiger partial charge in [-0.3, -0.25) is 5.41 Å². The Hall–Kier alpha value is -1.55. The van der Waals surface area contributed by atoms with Gasteiger partial charge in [0, 0.05) is 31.5 Å². The molecule has 0 unspecified atom stereocenters. The van der Waals surface area contributed by atoms with E-state index in [4.69, 9.17) is 15.9 Å². The van der Waals surface area contributed by atoms with Crippen molar-refractivity contribution in [1.29, 1.82) is 5.41 Å². The van der Waals surface area contributed by atoms with Crippen LogP contribution in [0, 0.1) is 11.3 Å². The maximum Gasteiger partial charge on any atom is 0.122 e. The molecule has 0 aliphatic carbocycles. The minimum atomic E-state index is 0.0984. The summed E-state index contributed by atoms with van der Waals surface area (Å²) in [5.74, 6) is 0.664. The fourth-order valence-electron chi connectivity index (χ4n) is 1.56. The first-order valence-corrected chi connectivity index (χ1v) is 6.24. The normalized spacial score (nSPS) is 10.7. The van der Waals surface area contributed by atoms with Crippen LogP contribution >= 0.6 is 0 Å². The number of likely N-dealkylation sites (N-methyl/N-ethyl adjacent to an activating group) is 1. The van der Waals surface area contributed by atoms with Gasteiger partial charge >= 0.3 is 0 Å². The van der Waals surface area contributed by atoms with Gasteiger partial charge in [0.1, 0.15) is 5.84 Å². The predicted molar refractivity (Wildman–Crippen MR) is 76.4 cm³/mol. The summed E-state index contributed by atoms with van der Waals surface area (Å²) < 4.78 is 5.56. The van der Waals surface area contributed by atoms with Gasteiger partial charge in [0.15, 0.2) is 0 Å². The summed E-state index contributed by atoms with van der Waals surface area (Å²) in [5.41, 5.74) is 7.28. The van der Waals surface area contributed by atoms with Gasteiger partial charge < -0.3 is 15.4 Å². The zero-order chi connectivity index (χ0) is 13.5. The highest BCUT2D eigenvalue weighted by atomic mass is 16.5. The molecule has 4 heteroatoms. The van der Waals surface area contributed by atoms with E-state index in [1.807, 2.05) is 31.3 Å². The fourth-order valence-corrected chi connectivity index (χ4v) is 1.56. The summed E-state index contributed by atoms with van der Waals surface area (Å²) in [4.78, 5) is 2.10. The Morgan fingerprint density at radius 3 is 2.78 bits per heavy atom. The van der Waals surface area contributed by atoms with Crippen molar-refractivity contribution in [2.45, 2.75) is 13.8 Å². The van der Waals surface area contributed by atoms with Crippen LogP contribution in [0.15, 0.2) is 24.3 Å². The lowest BCUT2D eigenvalue weighted by atomic mass is 10.2. The quantitative estimate of drug-likeness (QED) is 0.442. The maximum absolute atomic E-state index is 7.42. The maximum atomic E-state index is 7.42. The fraction of sp³-hybridized carbons (Fsp3) is 0.500. The van der Waals surface area contributed by atoms with Gasteiger partial charge in [-0.15, -0.1) is 0 Å². The molecule has 1 aromatic carbocycles. The molecule has 0 fully saturated rings. The molecular formula is C14H23N3O. The number of nitrogens with one attached hydrogen (secondary N) is 1. The van der Waals surface area contributed by atoms with Crippen molar-refractivity contribution in [3.8, 4) is 0 Å². The summed E-state index contributed by atoms with van der Waals surface area (Å²) >= 11 is 0. The van der Waals surface area contributed by atoms with Crippen LogP contribution in [-0.2, 0) is 4.74 Å². The molecule has 100 valence electrons. The lowest BCUT2D eigenvalue weighted by Crippen LogP contribution is -2.23. The molecule has 4 nitrogen and oxygen atoms in total. The molecule has 0 aliphatic heterocycles. The number of hydrogen-bond acceptors (Lipinski definition) is 3. The van der Waals surface area contributed by atoms with Crippen molar-refractivity contribution in [3.05, 3.63) is 29.8 Å². The van der Waals surface area contributed by atoms with E-state index in [-0.39, 0.29) is 5.84 Å². The average molecular weight is 249 g/mol. The van der Waals surface area contributed by atoms with Crippen LogP contribution in [-0.4, -0.2) is 32.6 Å². The Morgan fingerprint density at radius 2 is 2.17 bits per heavy atom. The SMILES string of the molecule is CC(C)COCCN(C)c1cccc(C(=N)N)c1. The Morgan fingerprint density at radius 1 is 1.44 bits per heavy atom. The van der Waals surface area contributed by atoms with Crippen molar-refractivity contribution >= 4 is 11.5 Å². The molecule has 0 aliphatic rings. The molecule has 0 atom stereocenters. The second-order valence-corrected chi connectivity index (χ2v) is 4.85. The molecule has 0 bridgehead atoms. The number of nitrogens with two attached hydrogens (primary N) is 1. The minimum Gasteiger partial charge on any atom is -0.384 e. The van der Waals surface area contributed by atoms with E-state index in [0.29, 0.717) is 12.5 Å². The summed E-state index contributed by atoms with van der Waals surface area (Å²) in [6, 6.07) is 7.69. The zero-order valence-electron chi connectivity index (χ0n) is 11.4. The van der Waals surface area contributed by atoms with Gasteiger partial charge in [-0.25, -0.2) is 0 Å². The van der Waals surface area contributed by atoms with Crippen LogP contribution in [0.3, 0.4) is 0 Å². The van der Waals surface area contributed by atoms with E-state index in [2.05, 4.69) is 18.7 Å². The third-order valence-corrected chi connectivity index (χ3v) is 2.62. The Bertz CT molecular complexity index is 390. The first kappa shape index (κ1) is 14.5. The lowest BCUT2D eigenvalue weighted by molar-refractivity contribution is 0.116. The standard InChI is InChI=1S/C14H23N3O/c1-11(2)10-18-8-7-17(3)13-6-4-5-12(9-13)14(15)16/h4-6,9,11H,7-8,10H2,1-3H3,(H3,15,16). The Labute approximate surface area is 109 Å². The monoisotopic (exact) mass is 249 g/mol. The number of rotatable bonds is 7. The number of nitrogen functional groups attached to an aromatic ring is 1. The second kappa shape index (κ2) is 7.01. The van der Waals surface area contributed by atoms with Crippen LogP contribution < -0.4 is 10.6 Å². The van der Waals surface area contributed by atoms with E-state index in [0.717, 1.165) is 24.4 Å². The number of anilines is 1. The number of ether oxygens (including phenoxy) is 1. The number of nitrogens with zero attached hydrogens (tertiary/aromatic N) is 1. The first-order valence-electron chi connectivity index (χ1n) is 6.24. The van der Waals surface area contributed by atoms with Crippen LogP contribution in [0.5, 0.6) is 0 Å². The largest absolute Gasteiger partial charge is 0.384 e. The van der Waals surface area contributed by atoms with E-state index in [1.165, 1.54) is 0 Å².